The van der Waals surface area contributed by atoms with E-state index in [1.165, 1.54) is 0 Å². The minimum atomic E-state index is -4.51. The second kappa shape index (κ2) is 12.3. The van der Waals surface area contributed by atoms with E-state index in [0.29, 0.717) is 18.5 Å². The molecule has 1 aliphatic heterocycles. The molecule has 3 N–H and O–H groups in total. The van der Waals surface area contributed by atoms with Gasteiger partial charge in [0.25, 0.3) is 5.91 Å². The summed E-state index contributed by atoms with van der Waals surface area (Å²) in [5, 5.41) is 3.28. The molecule has 3 rings (SSSR count). The molecule has 2 aromatic carbocycles. The van der Waals surface area contributed by atoms with Crippen molar-refractivity contribution in [1.82, 2.24) is 5.32 Å². The maximum atomic E-state index is 13.6. The number of carbonyl (C=O) groups is 1. The molecule has 1 atom stereocenters. The molecular weight excluding hydrogens is 478 g/mol. The van der Waals surface area contributed by atoms with E-state index in [9.17, 15) is 22.4 Å². The number of primary amides is 1. The van der Waals surface area contributed by atoms with Crippen molar-refractivity contribution in [3.8, 4) is 11.5 Å². The smallest absolute Gasteiger partial charge is 0.422 e. The van der Waals surface area contributed by atoms with E-state index < -0.39 is 24.5 Å². The molecule has 1 unspecified atom stereocenters. The Balaban J connectivity index is 1.56. The number of amides is 1. The number of nitrogens with zero attached hydrogens (tertiary/aromatic N) is 1. The first-order chi connectivity index (χ1) is 17.1. The zero-order chi connectivity index (χ0) is 26.3. The summed E-state index contributed by atoms with van der Waals surface area (Å²) in [7, 11) is 0. The first kappa shape index (κ1) is 27.6. The van der Waals surface area contributed by atoms with Gasteiger partial charge in [-0.15, -0.1) is 0 Å². The highest BCUT2D eigenvalue weighted by molar-refractivity contribution is 6.00. The lowest BCUT2D eigenvalue weighted by Crippen LogP contribution is -2.32. The van der Waals surface area contributed by atoms with Crippen molar-refractivity contribution in [2.75, 3.05) is 37.7 Å². The highest BCUT2D eigenvalue weighted by atomic mass is 19.4. The fourth-order valence-corrected chi connectivity index (χ4v) is 4.34. The van der Waals surface area contributed by atoms with Crippen molar-refractivity contribution < 1.29 is 31.8 Å². The molecule has 6 nitrogen and oxygen atoms in total. The lowest BCUT2D eigenvalue weighted by Gasteiger charge is -2.22. The number of ether oxygens (including phenoxy) is 2. The summed E-state index contributed by atoms with van der Waals surface area (Å²) in [6.07, 6.45) is -0.877. The van der Waals surface area contributed by atoms with E-state index in [1.807, 2.05) is 13.0 Å². The number of benzene rings is 2. The van der Waals surface area contributed by atoms with Crippen LogP contribution < -0.4 is 25.4 Å². The molecule has 1 aliphatic rings. The highest BCUT2D eigenvalue weighted by Gasteiger charge is 2.29. The second-order valence-corrected chi connectivity index (χ2v) is 9.01. The molecule has 0 bridgehead atoms. The average Bonchev–Trinajstić information content (AvgIpc) is 3.21. The number of fused-ring (bicyclic) bond motifs is 1. The minimum absolute atomic E-state index is 0.0124. The van der Waals surface area contributed by atoms with Gasteiger partial charge in [-0.25, -0.2) is 4.39 Å². The first-order valence-electron chi connectivity index (χ1n) is 12.1. The summed E-state index contributed by atoms with van der Waals surface area (Å²) >= 11 is 0. The highest BCUT2D eigenvalue weighted by Crippen LogP contribution is 2.34. The Morgan fingerprint density at radius 2 is 1.97 bits per heavy atom. The number of alkyl halides is 3. The van der Waals surface area contributed by atoms with Gasteiger partial charge in [-0.05, 0) is 55.5 Å². The van der Waals surface area contributed by atoms with E-state index in [1.54, 1.807) is 0 Å². The number of halogens is 4. The van der Waals surface area contributed by atoms with Gasteiger partial charge in [0.1, 0.15) is 12.4 Å². The van der Waals surface area contributed by atoms with Crippen molar-refractivity contribution in [1.29, 1.82) is 0 Å². The van der Waals surface area contributed by atoms with Crippen LogP contribution in [-0.2, 0) is 12.8 Å². The van der Waals surface area contributed by atoms with Gasteiger partial charge in [-0.3, -0.25) is 4.79 Å². The number of nitrogens with two attached hydrogens (primary N) is 1. The summed E-state index contributed by atoms with van der Waals surface area (Å²) in [6.45, 7) is 4.86. The predicted octanol–water partition coefficient (Wildman–Crippen LogP) is 4.63. The van der Waals surface area contributed by atoms with Gasteiger partial charge in [-0.1, -0.05) is 19.4 Å². The molecular formula is C26H33F4N3O3. The van der Waals surface area contributed by atoms with Gasteiger partial charge < -0.3 is 25.4 Å². The summed E-state index contributed by atoms with van der Waals surface area (Å²) in [6, 6.07) is 7.11. The van der Waals surface area contributed by atoms with E-state index in [0.717, 1.165) is 67.4 Å². The van der Waals surface area contributed by atoms with Crippen LogP contribution in [0, 0.1) is 5.82 Å². The van der Waals surface area contributed by atoms with Crippen LogP contribution in [0.4, 0.5) is 23.2 Å². The van der Waals surface area contributed by atoms with Crippen LogP contribution >= 0.6 is 0 Å². The summed E-state index contributed by atoms with van der Waals surface area (Å²) in [5.41, 5.74) is 9.32. The Bertz CT molecular complexity index is 1050. The van der Waals surface area contributed by atoms with Gasteiger partial charge in [0, 0.05) is 31.7 Å². The summed E-state index contributed by atoms with van der Waals surface area (Å²) in [4.78, 5) is 14.4. The third-order valence-corrected chi connectivity index (χ3v) is 5.95. The number of anilines is 1. The third kappa shape index (κ3) is 7.74. The van der Waals surface area contributed by atoms with Crippen LogP contribution in [0.25, 0.3) is 0 Å². The van der Waals surface area contributed by atoms with Gasteiger partial charge in [0.05, 0.1) is 11.3 Å². The lowest BCUT2D eigenvalue weighted by molar-refractivity contribution is -0.153. The summed E-state index contributed by atoms with van der Waals surface area (Å²) in [5.74, 6) is -1.34. The number of hydrogen-bond acceptors (Lipinski definition) is 5. The van der Waals surface area contributed by atoms with E-state index in [2.05, 4.69) is 23.2 Å². The monoisotopic (exact) mass is 511 g/mol. The SMILES string of the molecule is CCCCN1CCc2cc(CC(C)NCCOc3cc(F)ccc3OCC(F)(F)F)cc(C(N)=O)c21. The van der Waals surface area contributed by atoms with Crippen LogP contribution in [0.1, 0.15) is 48.2 Å². The molecule has 0 saturated carbocycles. The molecule has 0 radical (unpaired) electrons. The molecule has 0 aliphatic carbocycles. The topological polar surface area (TPSA) is 76.8 Å². The fraction of sp³-hybridized carbons (Fsp3) is 0.500. The van der Waals surface area contributed by atoms with Crippen LogP contribution in [0.15, 0.2) is 30.3 Å². The van der Waals surface area contributed by atoms with Crippen molar-refractivity contribution in [2.24, 2.45) is 5.73 Å². The quantitative estimate of drug-likeness (QED) is 0.303. The number of hydrogen-bond donors (Lipinski definition) is 2. The third-order valence-electron chi connectivity index (χ3n) is 5.95. The van der Waals surface area contributed by atoms with Crippen LogP contribution in [0.2, 0.25) is 0 Å². The van der Waals surface area contributed by atoms with Crippen molar-refractivity contribution in [3.05, 3.63) is 52.8 Å². The average molecular weight is 512 g/mol. The molecule has 36 heavy (non-hydrogen) atoms. The van der Waals surface area contributed by atoms with Gasteiger partial charge >= 0.3 is 6.18 Å². The lowest BCUT2D eigenvalue weighted by atomic mass is 9.98. The Labute approximate surface area is 208 Å². The molecule has 0 saturated heterocycles. The van der Waals surface area contributed by atoms with Crippen molar-refractivity contribution >= 4 is 11.6 Å². The molecule has 2 aromatic rings. The maximum Gasteiger partial charge on any atom is 0.422 e. The Morgan fingerprint density at radius 3 is 2.67 bits per heavy atom. The molecule has 0 aromatic heterocycles. The van der Waals surface area contributed by atoms with Crippen molar-refractivity contribution in [3.63, 3.8) is 0 Å². The zero-order valence-electron chi connectivity index (χ0n) is 20.6. The summed E-state index contributed by atoms with van der Waals surface area (Å²) < 4.78 is 61.1. The molecule has 0 spiro atoms. The second-order valence-electron chi connectivity index (χ2n) is 9.01. The number of unbranched alkanes of at least 4 members (excludes halogenated alkanes) is 1. The van der Waals surface area contributed by atoms with Crippen LogP contribution in [-0.4, -0.2) is 51.0 Å². The minimum Gasteiger partial charge on any atom is -0.488 e. The largest absolute Gasteiger partial charge is 0.488 e. The fourth-order valence-electron chi connectivity index (χ4n) is 4.34. The number of carbonyl (C=O) groups excluding carboxylic acids is 1. The molecule has 1 amide bonds. The first-order valence-corrected chi connectivity index (χ1v) is 12.1. The Morgan fingerprint density at radius 1 is 1.19 bits per heavy atom. The number of nitrogens with one attached hydrogen (secondary N) is 1. The predicted molar refractivity (Wildman–Crippen MR) is 130 cm³/mol. The number of rotatable bonds is 13. The Hall–Kier alpha value is -3.01. The van der Waals surface area contributed by atoms with Gasteiger partial charge in [0.15, 0.2) is 18.1 Å². The normalized spacial score (nSPS) is 14.0. The van der Waals surface area contributed by atoms with E-state index in [-0.39, 0.29) is 24.1 Å². The van der Waals surface area contributed by atoms with Crippen LogP contribution in [0.3, 0.4) is 0 Å². The van der Waals surface area contributed by atoms with E-state index in [4.69, 9.17) is 15.2 Å². The zero-order valence-corrected chi connectivity index (χ0v) is 20.6. The standard InChI is InChI=1S/C26H33F4N3O3/c1-3-4-9-33-10-7-19-13-18(14-21(24(19)33)25(31)34)12-17(2)32-8-11-35-23-15-20(27)5-6-22(23)36-16-26(28,29)30/h5-6,13-15,17,32H,3-4,7-12,16H2,1-2H3,(H2,31,34). The molecule has 198 valence electrons. The molecule has 0 fully saturated rings. The van der Waals surface area contributed by atoms with Gasteiger partial charge in [0.2, 0.25) is 0 Å². The van der Waals surface area contributed by atoms with Crippen molar-refractivity contribution in [2.45, 2.75) is 51.7 Å². The maximum absolute atomic E-state index is 13.6. The molecule has 10 heteroatoms. The Kier molecular flexibility index (Phi) is 9.42. The molecule has 1 heterocycles. The van der Waals surface area contributed by atoms with E-state index >= 15 is 0 Å². The van der Waals surface area contributed by atoms with Crippen LogP contribution in [0.5, 0.6) is 11.5 Å². The van der Waals surface area contributed by atoms with Gasteiger partial charge in [-0.2, -0.15) is 13.2 Å².